The van der Waals surface area contributed by atoms with E-state index in [0.29, 0.717) is 11.2 Å². The van der Waals surface area contributed by atoms with Crippen LogP contribution in [0.5, 0.6) is 0 Å². The van der Waals surface area contributed by atoms with E-state index >= 15 is 0 Å². The van der Waals surface area contributed by atoms with Gasteiger partial charge in [-0.15, -0.1) is 0 Å². The molecule has 1 heterocycles. The minimum absolute atomic E-state index is 0.297. The molecule has 0 radical (unpaired) electrons. The first-order valence-corrected chi connectivity index (χ1v) is 5.75. The molecule has 6 nitrogen and oxygen atoms in total. The molecule has 0 saturated heterocycles. The van der Waals surface area contributed by atoms with Crippen LogP contribution in [0, 0.1) is 0 Å². The lowest BCUT2D eigenvalue weighted by atomic mass is 10.3. The number of aromatic nitrogens is 3. The van der Waals surface area contributed by atoms with Gasteiger partial charge in [0.25, 0.3) is 0 Å². The zero-order valence-electron chi connectivity index (χ0n) is 9.92. The third-order valence-corrected chi connectivity index (χ3v) is 2.61. The first kappa shape index (κ1) is 11.2. The van der Waals surface area contributed by atoms with Gasteiger partial charge in [-0.3, -0.25) is 0 Å². The highest BCUT2D eigenvalue weighted by atomic mass is 16.2. The van der Waals surface area contributed by atoms with Crippen LogP contribution in [0.3, 0.4) is 0 Å². The molecule has 0 fully saturated rings. The summed E-state index contributed by atoms with van der Waals surface area (Å²) < 4.78 is 0. The van der Waals surface area contributed by atoms with E-state index in [1.165, 1.54) is 0 Å². The van der Waals surface area contributed by atoms with E-state index in [-0.39, 0.29) is 6.03 Å². The molecule has 19 heavy (non-hydrogen) atoms. The maximum absolute atomic E-state index is 11.8. The Morgan fingerprint density at radius 3 is 2.47 bits per heavy atom. The maximum atomic E-state index is 11.8. The number of carbonyl (C=O) groups is 1. The Balaban J connectivity index is 1.72. The summed E-state index contributed by atoms with van der Waals surface area (Å²) in [5.74, 6) is 0. The second-order valence-corrected chi connectivity index (χ2v) is 3.97. The number of hydrogen-bond donors (Lipinski definition) is 3. The highest BCUT2D eigenvalue weighted by molar-refractivity contribution is 6.00. The second kappa shape index (κ2) is 4.77. The Bertz CT molecular complexity index is 707. The van der Waals surface area contributed by atoms with Gasteiger partial charge in [-0.25, -0.2) is 4.79 Å². The first-order chi connectivity index (χ1) is 9.31. The summed E-state index contributed by atoms with van der Waals surface area (Å²) in [4.78, 5) is 11.8. The Morgan fingerprint density at radius 1 is 0.895 bits per heavy atom. The second-order valence-electron chi connectivity index (χ2n) is 3.97. The number of amides is 2. The molecule has 0 aliphatic rings. The summed E-state index contributed by atoms with van der Waals surface area (Å²) in [7, 11) is 0. The van der Waals surface area contributed by atoms with Crippen molar-refractivity contribution in [2.24, 2.45) is 0 Å². The number of fused-ring (bicyclic) bond motifs is 1. The van der Waals surface area contributed by atoms with E-state index in [4.69, 9.17) is 0 Å². The fourth-order valence-electron chi connectivity index (χ4n) is 1.73. The van der Waals surface area contributed by atoms with Crippen LogP contribution in [0.25, 0.3) is 11.0 Å². The molecule has 0 aliphatic heterocycles. The van der Waals surface area contributed by atoms with E-state index in [2.05, 4.69) is 26.0 Å². The summed E-state index contributed by atoms with van der Waals surface area (Å²) in [6, 6.07) is 14.3. The van der Waals surface area contributed by atoms with Gasteiger partial charge in [0.2, 0.25) is 0 Å². The largest absolute Gasteiger partial charge is 0.323 e. The van der Waals surface area contributed by atoms with Gasteiger partial charge in [0, 0.05) is 11.4 Å². The number of carbonyl (C=O) groups excluding carboxylic acids is 1. The SMILES string of the molecule is O=C(Nc1ccccc1)Nc1ccc2n[nH]nc2c1. The van der Waals surface area contributed by atoms with Crippen molar-refractivity contribution in [3.63, 3.8) is 0 Å². The van der Waals surface area contributed by atoms with Gasteiger partial charge in [0.05, 0.1) is 0 Å². The smallest absolute Gasteiger partial charge is 0.308 e. The van der Waals surface area contributed by atoms with Crippen LogP contribution in [0.1, 0.15) is 0 Å². The third kappa shape index (κ3) is 2.52. The standard InChI is InChI=1S/C13H11N5O/c19-13(14-9-4-2-1-3-5-9)15-10-6-7-11-12(8-10)17-18-16-11/h1-8H,(H2,14,15,19)(H,16,17,18). The van der Waals surface area contributed by atoms with Crippen molar-refractivity contribution in [2.45, 2.75) is 0 Å². The molecule has 94 valence electrons. The maximum Gasteiger partial charge on any atom is 0.323 e. The van der Waals surface area contributed by atoms with Crippen molar-refractivity contribution in [3.8, 4) is 0 Å². The van der Waals surface area contributed by atoms with E-state index in [0.717, 1.165) is 11.2 Å². The number of nitrogens with zero attached hydrogens (tertiary/aromatic N) is 2. The van der Waals surface area contributed by atoms with E-state index in [1.54, 1.807) is 18.2 Å². The number of aromatic amines is 1. The van der Waals surface area contributed by atoms with Gasteiger partial charge in [-0.05, 0) is 30.3 Å². The molecule has 0 saturated carbocycles. The molecule has 0 aliphatic carbocycles. The van der Waals surface area contributed by atoms with Crippen LogP contribution in [-0.4, -0.2) is 21.4 Å². The van der Waals surface area contributed by atoms with Crippen LogP contribution in [0.15, 0.2) is 48.5 Å². The number of nitrogens with one attached hydrogen (secondary N) is 3. The molecule has 0 atom stereocenters. The Morgan fingerprint density at radius 2 is 1.63 bits per heavy atom. The predicted octanol–water partition coefficient (Wildman–Crippen LogP) is 2.60. The van der Waals surface area contributed by atoms with E-state index in [9.17, 15) is 4.79 Å². The molecular weight excluding hydrogens is 242 g/mol. The average molecular weight is 253 g/mol. The minimum atomic E-state index is -0.297. The fraction of sp³-hybridized carbons (Fsp3) is 0. The summed E-state index contributed by atoms with van der Waals surface area (Å²) in [5, 5.41) is 15.9. The third-order valence-electron chi connectivity index (χ3n) is 2.61. The molecule has 3 rings (SSSR count). The predicted molar refractivity (Wildman–Crippen MR) is 73.0 cm³/mol. The fourth-order valence-corrected chi connectivity index (χ4v) is 1.73. The van der Waals surface area contributed by atoms with E-state index < -0.39 is 0 Å². The highest BCUT2D eigenvalue weighted by Crippen LogP contribution is 2.15. The summed E-state index contributed by atoms with van der Waals surface area (Å²) in [6.45, 7) is 0. The topological polar surface area (TPSA) is 82.7 Å². The van der Waals surface area contributed by atoms with Gasteiger partial charge >= 0.3 is 6.03 Å². The van der Waals surface area contributed by atoms with Crippen LogP contribution < -0.4 is 10.6 Å². The lowest BCUT2D eigenvalue weighted by Gasteiger charge is -2.07. The molecule has 0 unspecified atom stereocenters. The number of H-pyrrole nitrogens is 1. The van der Waals surface area contributed by atoms with Crippen LogP contribution in [-0.2, 0) is 0 Å². The monoisotopic (exact) mass is 253 g/mol. The molecule has 3 aromatic rings. The quantitative estimate of drug-likeness (QED) is 0.656. The molecule has 2 aromatic carbocycles. The van der Waals surface area contributed by atoms with Crippen molar-refractivity contribution < 1.29 is 4.79 Å². The van der Waals surface area contributed by atoms with Gasteiger partial charge in [0.15, 0.2) is 0 Å². The zero-order chi connectivity index (χ0) is 13.1. The normalized spacial score (nSPS) is 10.3. The van der Waals surface area contributed by atoms with Crippen LogP contribution in [0.4, 0.5) is 16.2 Å². The van der Waals surface area contributed by atoms with E-state index in [1.807, 2.05) is 30.3 Å². The number of benzene rings is 2. The van der Waals surface area contributed by atoms with Crippen molar-refractivity contribution in [2.75, 3.05) is 10.6 Å². The number of para-hydroxylation sites is 1. The highest BCUT2D eigenvalue weighted by Gasteiger charge is 2.04. The Kier molecular flexibility index (Phi) is 2.82. The minimum Gasteiger partial charge on any atom is -0.308 e. The van der Waals surface area contributed by atoms with Gasteiger partial charge in [0.1, 0.15) is 11.0 Å². The Labute approximate surface area is 108 Å². The summed E-state index contributed by atoms with van der Waals surface area (Å²) in [6.07, 6.45) is 0. The van der Waals surface area contributed by atoms with Gasteiger partial charge in [-0.2, -0.15) is 15.4 Å². The molecule has 1 aromatic heterocycles. The number of hydrogen-bond acceptors (Lipinski definition) is 3. The average Bonchev–Trinajstić information content (AvgIpc) is 2.87. The van der Waals surface area contributed by atoms with Crippen molar-refractivity contribution in [1.82, 2.24) is 15.4 Å². The molecule has 2 amide bonds. The van der Waals surface area contributed by atoms with Gasteiger partial charge < -0.3 is 10.6 Å². The molecule has 0 bridgehead atoms. The summed E-state index contributed by atoms with van der Waals surface area (Å²) in [5.41, 5.74) is 2.86. The molecule has 6 heteroatoms. The van der Waals surface area contributed by atoms with Crippen molar-refractivity contribution in [3.05, 3.63) is 48.5 Å². The first-order valence-electron chi connectivity index (χ1n) is 5.75. The lowest BCUT2D eigenvalue weighted by Crippen LogP contribution is -2.19. The van der Waals surface area contributed by atoms with Crippen LogP contribution >= 0.6 is 0 Å². The number of urea groups is 1. The van der Waals surface area contributed by atoms with Gasteiger partial charge in [-0.1, -0.05) is 18.2 Å². The number of rotatable bonds is 2. The number of anilines is 2. The van der Waals surface area contributed by atoms with Crippen molar-refractivity contribution >= 4 is 28.4 Å². The molecule has 0 spiro atoms. The molecular formula is C13H11N5O. The summed E-state index contributed by atoms with van der Waals surface area (Å²) >= 11 is 0. The van der Waals surface area contributed by atoms with Crippen LogP contribution in [0.2, 0.25) is 0 Å². The lowest BCUT2D eigenvalue weighted by molar-refractivity contribution is 0.262. The Hall–Kier alpha value is -2.89. The zero-order valence-corrected chi connectivity index (χ0v) is 9.92. The molecule has 3 N–H and O–H groups in total. The van der Waals surface area contributed by atoms with Crippen molar-refractivity contribution in [1.29, 1.82) is 0 Å².